The molecule has 1 aliphatic heterocycles. The quantitative estimate of drug-likeness (QED) is 0.732. The van der Waals surface area contributed by atoms with E-state index in [0.717, 1.165) is 9.87 Å². The van der Waals surface area contributed by atoms with Crippen LogP contribution in [0.2, 0.25) is 5.02 Å². The van der Waals surface area contributed by atoms with Crippen LogP contribution in [0.4, 0.5) is 5.69 Å². The Hall–Kier alpha value is -2.42. The Bertz CT molecular complexity index is 1050. The summed E-state index contributed by atoms with van der Waals surface area (Å²) in [6.45, 7) is 1.93. The van der Waals surface area contributed by atoms with Gasteiger partial charge in [-0.2, -0.15) is 0 Å². The molecule has 1 aliphatic rings. The first-order valence-electron chi connectivity index (χ1n) is 9.48. The first kappa shape index (κ1) is 22.3. The lowest BCUT2D eigenvalue weighted by molar-refractivity contribution is -0.119. The summed E-state index contributed by atoms with van der Waals surface area (Å²) in [5.74, 6) is -1.54. The lowest BCUT2D eigenvalue weighted by atomic mass is 10.1. The van der Waals surface area contributed by atoms with E-state index in [0.29, 0.717) is 17.1 Å². The number of hydrogen-bond acceptors (Lipinski definition) is 5. The summed E-state index contributed by atoms with van der Waals surface area (Å²) in [5, 5.41) is 3.51. The van der Waals surface area contributed by atoms with Crippen LogP contribution in [0.5, 0.6) is 0 Å². The molecule has 1 N–H and O–H groups in total. The molecule has 0 aromatic heterocycles. The molecule has 2 aromatic carbocycles. The van der Waals surface area contributed by atoms with Crippen LogP contribution in [-0.2, 0) is 14.8 Å². The molecule has 0 saturated carbocycles. The molecule has 160 valence electrons. The van der Waals surface area contributed by atoms with Crippen LogP contribution in [0.1, 0.15) is 28.9 Å². The van der Waals surface area contributed by atoms with Crippen LogP contribution in [0.25, 0.3) is 0 Å². The fraction of sp³-hybridized carbons (Fsp3) is 0.333. The van der Waals surface area contributed by atoms with Crippen molar-refractivity contribution < 1.29 is 18.0 Å². The molecule has 1 heterocycles. The molecule has 0 bridgehead atoms. The molecule has 30 heavy (non-hydrogen) atoms. The number of sulfonamides is 1. The Morgan fingerprint density at radius 3 is 2.37 bits per heavy atom. The Kier molecular flexibility index (Phi) is 6.50. The first-order valence-corrected chi connectivity index (χ1v) is 11.5. The molecule has 2 atom stereocenters. The molecule has 7 nitrogen and oxygen atoms in total. The minimum Gasteiger partial charge on any atom is -0.350 e. The molecule has 1 fully saturated rings. The van der Waals surface area contributed by atoms with Crippen LogP contribution >= 0.6 is 11.6 Å². The summed E-state index contributed by atoms with van der Waals surface area (Å²) in [7, 11) is 0.140. The van der Waals surface area contributed by atoms with Gasteiger partial charge in [0, 0.05) is 17.1 Å². The maximum atomic E-state index is 12.6. The van der Waals surface area contributed by atoms with E-state index in [2.05, 4.69) is 5.32 Å². The topological polar surface area (TPSA) is 86.8 Å². The minimum atomic E-state index is -3.67. The molecule has 3 rings (SSSR count). The Morgan fingerprint density at radius 1 is 1.20 bits per heavy atom. The SMILES string of the molecule is CC1CS(=O)(=O)N(c2ccc(C(=O)NCC(c3ccccc3Cl)N(C)C)cc2)C1=O. The van der Waals surface area contributed by atoms with Gasteiger partial charge < -0.3 is 10.2 Å². The molecule has 2 unspecified atom stereocenters. The van der Waals surface area contributed by atoms with E-state index in [1.54, 1.807) is 6.92 Å². The Balaban J connectivity index is 1.72. The van der Waals surface area contributed by atoms with Gasteiger partial charge >= 0.3 is 0 Å². The maximum absolute atomic E-state index is 12.6. The van der Waals surface area contributed by atoms with Gasteiger partial charge in [0.25, 0.3) is 5.91 Å². The van der Waals surface area contributed by atoms with Gasteiger partial charge in [-0.1, -0.05) is 36.7 Å². The molecule has 9 heteroatoms. The number of nitrogens with one attached hydrogen (secondary N) is 1. The number of likely N-dealkylation sites (N-methyl/N-ethyl adjacent to an activating group) is 1. The second-order valence-electron chi connectivity index (χ2n) is 7.54. The first-order chi connectivity index (χ1) is 14.1. The maximum Gasteiger partial charge on any atom is 0.251 e. The summed E-state index contributed by atoms with van der Waals surface area (Å²) in [5.41, 5.74) is 1.52. The average Bonchev–Trinajstić information content (AvgIpc) is 2.89. The number of amides is 2. The van der Waals surface area contributed by atoms with Crippen molar-refractivity contribution >= 4 is 39.1 Å². The summed E-state index contributed by atoms with van der Waals surface area (Å²) in [6.07, 6.45) is 0. The normalized spacial score (nSPS) is 19.2. The summed E-state index contributed by atoms with van der Waals surface area (Å²) in [6, 6.07) is 13.3. The molecular weight excluding hydrogens is 426 g/mol. The van der Waals surface area contributed by atoms with Crippen molar-refractivity contribution in [2.75, 3.05) is 30.7 Å². The summed E-state index contributed by atoms with van der Waals surface area (Å²) >= 11 is 6.30. The van der Waals surface area contributed by atoms with E-state index in [1.165, 1.54) is 24.3 Å². The highest BCUT2D eigenvalue weighted by atomic mass is 35.5. The van der Waals surface area contributed by atoms with Crippen LogP contribution in [0, 0.1) is 5.92 Å². The molecule has 0 aliphatic carbocycles. The van der Waals surface area contributed by atoms with Crippen molar-refractivity contribution in [3.8, 4) is 0 Å². The second-order valence-corrected chi connectivity index (χ2v) is 9.81. The fourth-order valence-electron chi connectivity index (χ4n) is 3.44. The minimum absolute atomic E-state index is 0.115. The highest BCUT2D eigenvalue weighted by molar-refractivity contribution is 7.94. The van der Waals surface area contributed by atoms with Gasteiger partial charge in [-0.05, 0) is 50.0 Å². The molecule has 2 amide bonds. The van der Waals surface area contributed by atoms with E-state index in [9.17, 15) is 18.0 Å². The summed E-state index contributed by atoms with van der Waals surface area (Å²) in [4.78, 5) is 26.8. The molecule has 1 saturated heterocycles. The van der Waals surface area contributed by atoms with Gasteiger partial charge in [0.2, 0.25) is 15.9 Å². The lowest BCUT2D eigenvalue weighted by Gasteiger charge is -2.26. The van der Waals surface area contributed by atoms with Crippen molar-refractivity contribution in [1.29, 1.82) is 0 Å². The van der Waals surface area contributed by atoms with E-state index < -0.39 is 21.8 Å². The van der Waals surface area contributed by atoms with Gasteiger partial charge in [0.15, 0.2) is 0 Å². The van der Waals surface area contributed by atoms with Gasteiger partial charge in [-0.25, -0.2) is 12.7 Å². The fourth-order valence-corrected chi connectivity index (χ4v) is 5.52. The van der Waals surface area contributed by atoms with Gasteiger partial charge in [0.05, 0.1) is 23.4 Å². The molecule has 0 radical (unpaired) electrons. The predicted octanol–water partition coefficient (Wildman–Crippen LogP) is 2.69. The number of carbonyl (C=O) groups excluding carboxylic acids is 2. The standard InChI is InChI=1S/C21H24ClN3O4S/c1-14-13-30(28,29)25(21(14)27)16-10-8-15(9-11-16)20(26)23-12-19(24(2)3)17-6-4-5-7-18(17)22/h4-11,14,19H,12-13H2,1-3H3,(H,23,26). The zero-order valence-corrected chi connectivity index (χ0v) is 18.6. The smallest absolute Gasteiger partial charge is 0.251 e. The number of carbonyl (C=O) groups is 2. The largest absolute Gasteiger partial charge is 0.350 e. The van der Waals surface area contributed by atoms with Gasteiger partial charge in [-0.3, -0.25) is 9.59 Å². The third-order valence-corrected chi connectivity index (χ3v) is 7.28. The van der Waals surface area contributed by atoms with Crippen LogP contribution < -0.4 is 9.62 Å². The number of hydrogen-bond donors (Lipinski definition) is 1. The van der Waals surface area contributed by atoms with Crippen molar-refractivity contribution in [1.82, 2.24) is 10.2 Å². The van der Waals surface area contributed by atoms with Crippen molar-refractivity contribution in [2.45, 2.75) is 13.0 Å². The second kappa shape index (κ2) is 8.75. The van der Waals surface area contributed by atoms with Crippen LogP contribution in [-0.4, -0.2) is 51.5 Å². The zero-order valence-electron chi connectivity index (χ0n) is 17.0. The monoisotopic (exact) mass is 449 g/mol. The number of rotatable bonds is 6. The van der Waals surface area contributed by atoms with E-state index in [4.69, 9.17) is 11.6 Å². The highest BCUT2D eigenvalue weighted by Gasteiger charge is 2.41. The van der Waals surface area contributed by atoms with Crippen LogP contribution in [0.3, 0.4) is 0 Å². The zero-order chi connectivity index (χ0) is 22.1. The summed E-state index contributed by atoms with van der Waals surface area (Å²) < 4.78 is 25.2. The van der Waals surface area contributed by atoms with Gasteiger partial charge in [-0.15, -0.1) is 0 Å². The van der Waals surface area contributed by atoms with Crippen molar-refractivity contribution in [3.63, 3.8) is 0 Å². The van der Waals surface area contributed by atoms with E-state index in [-0.39, 0.29) is 23.4 Å². The molecular formula is C21H24ClN3O4S. The number of benzene rings is 2. The Labute approximate surface area is 181 Å². The van der Waals surface area contributed by atoms with Crippen LogP contribution in [0.15, 0.2) is 48.5 Å². The number of anilines is 1. The van der Waals surface area contributed by atoms with Crippen molar-refractivity contribution in [2.24, 2.45) is 5.92 Å². The Morgan fingerprint density at radius 2 is 1.83 bits per heavy atom. The number of nitrogens with zero attached hydrogens (tertiary/aromatic N) is 2. The third-order valence-electron chi connectivity index (χ3n) is 5.07. The van der Waals surface area contributed by atoms with E-state index >= 15 is 0 Å². The van der Waals surface area contributed by atoms with Crippen molar-refractivity contribution in [3.05, 3.63) is 64.7 Å². The number of halogens is 1. The van der Waals surface area contributed by atoms with Gasteiger partial charge in [0.1, 0.15) is 0 Å². The highest BCUT2D eigenvalue weighted by Crippen LogP contribution is 2.28. The third kappa shape index (κ3) is 4.50. The molecule has 2 aromatic rings. The average molecular weight is 450 g/mol. The molecule has 0 spiro atoms. The predicted molar refractivity (Wildman–Crippen MR) is 117 cm³/mol. The van der Waals surface area contributed by atoms with E-state index in [1.807, 2.05) is 43.3 Å². The lowest BCUT2D eigenvalue weighted by Crippen LogP contribution is -2.34.